The molecule has 0 bridgehead atoms. The van der Waals surface area contributed by atoms with Crippen LogP contribution in [0.3, 0.4) is 0 Å². The molecule has 8 heteroatoms. The SMILES string of the molecule is CC(C)(C(=O)Nc1ccc(Cl)cc1C(F)(F)F)C(=O)N1CCCCCC1. The molecule has 1 heterocycles. The van der Waals surface area contributed by atoms with Gasteiger partial charge in [-0.3, -0.25) is 9.59 Å². The van der Waals surface area contributed by atoms with Crippen LogP contribution >= 0.6 is 11.6 Å². The molecule has 26 heavy (non-hydrogen) atoms. The van der Waals surface area contributed by atoms with Gasteiger partial charge >= 0.3 is 6.18 Å². The Morgan fingerprint density at radius 2 is 1.65 bits per heavy atom. The van der Waals surface area contributed by atoms with Crippen molar-refractivity contribution in [2.75, 3.05) is 18.4 Å². The lowest BCUT2D eigenvalue weighted by molar-refractivity contribution is -0.146. The van der Waals surface area contributed by atoms with Crippen LogP contribution in [-0.4, -0.2) is 29.8 Å². The number of carbonyl (C=O) groups excluding carboxylic acids is 2. The molecule has 0 unspecified atom stereocenters. The van der Waals surface area contributed by atoms with Crippen molar-refractivity contribution in [3.05, 3.63) is 28.8 Å². The zero-order chi connectivity index (χ0) is 19.5. The predicted octanol–water partition coefficient (Wildman–Crippen LogP) is 4.73. The fraction of sp³-hybridized carbons (Fsp3) is 0.556. The van der Waals surface area contributed by atoms with Crippen molar-refractivity contribution >= 4 is 29.1 Å². The largest absolute Gasteiger partial charge is 0.418 e. The highest BCUT2D eigenvalue weighted by Crippen LogP contribution is 2.37. The number of nitrogens with zero attached hydrogens (tertiary/aromatic N) is 1. The van der Waals surface area contributed by atoms with E-state index < -0.39 is 28.7 Å². The van der Waals surface area contributed by atoms with Crippen LogP contribution in [0.5, 0.6) is 0 Å². The van der Waals surface area contributed by atoms with E-state index in [0.29, 0.717) is 13.1 Å². The molecule has 0 aromatic heterocycles. The van der Waals surface area contributed by atoms with Gasteiger partial charge in [-0.05, 0) is 44.9 Å². The molecule has 1 aromatic carbocycles. The van der Waals surface area contributed by atoms with Gasteiger partial charge in [0.15, 0.2) is 0 Å². The number of hydrogen-bond acceptors (Lipinski definition) is 2. The Labute approximate surface area is 155 Å². The third kappa shape index (κ3) is 4.69. The van der Waals surface area contributed by atoms with Gasteiger partial charge in [-0.25, -0.2) is 0 Å². The van der Waals surface area contributed by atoms with Crippen LogP contribution in [0.25, 0.3) is 0 Å². The minimum Gasteiger partial charge on any atom is -0.342 e. The van der Waals surface area contributed by atoms with Crippen LogP contribution < -0.4 is 5.32 Å². The van der Waals surface area contributed by atoms with Crippen LogP contribution in [-0.2, 0) is 15.8 Å². The summed E-state index contributed by atoms with van der Waals surface area (Å²) >= 11 is 5.64. The van der Waals surface area contributed by atoms with E-state index in [4.69, 9.17) is 11.6 Å². The van der Waals surface area contributed by atoms with Gasteiger partial charge in [-0.1, -0.05) is 24.4 Å². The summed E-state index contributed by atoms with van der Waals surface area (Å²) in [4.78, 5) is 27.0. The topological polar surface area (TPSA) is 49.4 Å². The molecular weight excluding hydrogens is 369 g/mol. The standard InChI is InChI=1S/C18H22ClF3N2O2/c1-17(2,16(26)24-9-5-3-4-6-10-24)15(25)23-14-8-7-12(19)11-13(14)18(20,21)22/h7-8,11H,3-6,9-10H2,1-2H3,(H,23,25). The first kappa shape index (κ1) is 20.6. The molecule has 2 rings (SSSR count). The molecule has 1 aliphatic rings. The summed E-state index contributed by atoms with van der Waals surface area (Å²) in [5, 5.41) is 2.17. The summed E-state index contributed by atoms with van der Waals surface area (Å²) in [6.45, 7) is 3.98. The van der Waals surface area contributed by atoms with E-state index in [1.165, 1.54) is 19.9 Å². The molecule has 0 spiro atoms. The second-order valence-corrected chi connectivity index (χ2v) is 7.41. The van der Waals surface area contributed by atoms with Crippen molar-refractivity contribution < 1.29 is 22.8 Å². The van der Waals surface area contributed by atoms with E-state index in [1.54, 1.807) is 4.90 Å². The monoisotopic (exact) mass is 390 g/mol. The second kappa shape index (κ2) is 7.86. The smallest absolute Gasteiger partial charge is 0.342 e. The Morgan fingerprint density at radius 1 is 1.08 bits per heavy atom. The summed E-state index contributed by atoms with van der Waals surface area (Å²) < 4.78 is 39.6. The number of halogens is 4. The molecule has 1 aromatic rings. The van der Waals surface area contributed by atoms with Crippen molar-refractivity contribution in [3.63, 3.8) is 0 Å². The van der Waals surface area contributed by atoms with Crippen LogP contribution in [0.1, 0.15) is 45.1 Å². The number of rotatable bonds is 3. The highest BCUT2D eigenvalue weighted by atomic mass is 35.5. The highest BCUT2D eigenvalue weighted by Gasteiger charge is 2.41. The number of carbonyl (C=O) groups is 2. The zero-order valence-corrected chi connectivity index (χ0v) is 15.5. The maximum atomic E-state index is 13.2. The molecule has 1 fully saturated rings. The molecule has 2 amide bonds. The predicted molar refractivity (Wildman–Crippen MR) is 93.9 cm³/mol. The lowest BCUT2D eigenvalue weighted by Crippen LogP contribution is -2.47. The number of benzene rings is 1. The molecule has 0 saturated carbocycles. The maximum absolute atomic E-state index is 13.2. The summed E-state index contributed by atoms with van der Waals surface area (Å²) in [5.74, 6) is -1.15. The minimum atomic E-state index is -4.67. The Balaban J connectivity index is 2.21. The Kier molecular flexibility index (Phi) is 6.21. The Morgan fingerprint density at radius 3 is 2.19 bits per heavy atom. The minimum absolute atomic E-state index is 0.0878. The first-order chi connectivity index (χ1) is 12.0. The normalized spacial score (nSPS) is 16.2. The van der Waals surface area contributed by atoms with Gasteiger partial charge in [0.2, 0.25) is 11.8 Å². The fourth-order valence-corrected chi connectivity index (χ4v) is 3.08. The van der Waals surface area contributed by atoms with Crippen LogP contribution in [0.15, 0.2) is 18.2 Å². The van der Waals surface area contributed by atoms with E-state index >= 15 is 0 Å². The van der Waals surface area contributed by atoms with E-state index in [9.17, 15) is 22.8 Å². The van der Waals surface area contributed by atoms with Crippen molar-refractivity contribution in [2.24, 2.45) is 5.41 Å². The van der Waals surface area contributed by atoms with E-state index in [0.717, 1.165) is 37.8 Å². The molecule has 0 aliphatic carbocycles. The van der Waals surface area contributed by atoms with Gasteiger partial charge in [0.05, 0.1) is 11.3 Å². The third-order valence-corrected chi connectivity index (χ3v) is 4.77. The molecule has 1 aliphatic heterocycles. The van der Waals surface area contributed by atoms with E-state index in [1.807, 2.05) is 0 Å². The maximum Gasteiger partial charge on any atom is 0.418 e. The Hall–Kier alpha value is -1.76. The van der Waals surface area contributed by atoms with Crippen molar-refractivity contribution in [1.29, 1.82) is 0 Å². The van der Waals surface area contributed by atoms with Crippen LogP contribution in [0.2, 0.25) is 5.02 Å². The van der Waals surface area contributed by atoms with E-state index in [-0.39, 0.29) is 10.9 Å². The quantitative estimate of drug-likeness (QED) is 0.759. The summed E-state index contributed by atoms with van der Waals surface area (Å²) in [6.07, 6.45) is -0.906. The molecule has 0 atom stereocenters. The molecule has 1 N–H and O–H groups in total. The van der Waals surface area contributed by atoms with Crippen molar-refractivity contribution in [2.45, 2.75) is 45.7 Å². The first-order valence-electron chi connectivity index (χ1n) is 8.51. The lowest BCUT2D eigenvalue weighted by Gasteiger charge is -2.30. The molecule has 144 valence electrons. The van der Waals surface area contributed by atoms with Gasteiger partial charge in [0, 0.05) is 18.1 Å². The highest BCUT2D eigenvalue weighted by molar-refractivity contribution is 6.30. The van der Waals surface area contributed by atoms with Gasteiger partial charge in [-0.15, -0.1) is 0 Å². The number of nitrogens with one attached hydrogen (secondary N) is 1. The van der Waals surface area contributed by atoms with Gasteiger partial charge in [0.1, 0.15) is 5.41 Å². The lowest BCUT2D eigenvalue weighted by atomic mass is 9.89. The van der Waals surface area contributed by atoms with Crippen molar-refractivity contribution in [1.82, 2.24) is 4.90 Å². The number of anilines is 1. The first-order valence-corrected chi connectivity index (χ1v) is 8.89. The van der Waals surface area contributed by atoms with Gasteiger partial charge < -0.3 is 10.2 Å². The average Bonchev–Trinajstić information content (AvgIpc) is 2.83. The van der Waals surface area contributed by atoms with Crippen molar-refractivity contribution in [3.8, 4) is 0 Å². The average molecular weight is 391 g/mol. The third-order valence-electron chi connectivity index (χ3n) is 4.53. The number of hydrogen-bond donors (Lipinski definition) is 1. The van der Waals surface area contributed by atoms with Crippen LogP contribution in [0, 0.1) is 5.41 Å². The number of likely N-dealkylation sites (tertiary alicyclic amines) is 1. The fourth-order valence-electron chi connectivity index (χ4n) is 2.90. The molecule has 1 saturated heterocycles. The summed E-state index contributed by atoms with van der Waals surface area (Å²) in [6, 6.07) is 3.10. The number of alkyl halides is 3. The molecule has 0 radical (unpaired) electrons. The summed E-state index contributed by atoms with van der Waals surface area (Å²) in [5.41, 5.74) is -2.94. The van der Waals surface area contributed by atoms with Gasteiger partial charge in [-0.2, -0.15) is 13.2 Å². The van der Waals surface area contributed by atoms with Gasteiger partial charge in [0.25, 0.3) is 0 Å². The second-order valence-electron chi connectivity index (χ2n) is 6.97. The van der Waals surface area contributed by atoms with E-state index in [2.05, 4.69) is 5.32 Å². The molecule has 4 nitrogen and oxygen atoms in total. The molecular formula is C18H22ClF3N2O2. The Bertz CT molecular complexity index is 682. The zero-order valence-electron chi connectivity index (χ0n) is 14.8. The van der Waals surface area contributed by atoms with Crippen LogP contribution in [0.4, 0.5) is 18.9 Å². The number of amides is 2. The summed E-state index contributed by atoms with van der Waals surface area (Å²) in [7, 11) is 0.